The molecule has 9 aromatic carbocycles. The van der Waals surface area contributed by atoms with Gasteiger partial charge in [-0.05, 0) is 101 Å². The van der Waals surface area contributed by atoms with E-state index in [1.54, 1.807) is 0 Å². The zero-order valence-electron chi connectivity index (χ0n) is 31.3. The van der Waals surface area contributed by atoms with E-state index in [0.29, 0.717) is 0 Å². The van der Waals surface area contributed by atoms with Gasteiger partial charge in [-0.25, -0.2) is 0 Å². The quantitative estimate of drug-likeness (QED) is 0.170. The van der Waals surface area contributed by atoms with Gasteiger partial charge in [0, 0.05) is 49.4 Å². The number of nitrogens with zero attached hydrogens (tertiary/aromatic N) is 2. The van der Waals surface area contributed by atoms with Crippen LogP contribution in [-0.2, 0) is 0 Å². The predicted molar refractivity (Wildman–Crippen MR) is 241 cm³/mol. The Bertz CT molecular complexity index is 3500. The maximum Gasteiger partial charge on any atom is 0.159 e. The molecule has 0 N–H and O–H groups in total. The lowest BCUT2D eigenvalue weighted by molar-refractivity contribution is 0.669. The van der Waals surface area contributed by atoms with Gasteiger partial charge in [0.1, 0.15) is 16.7 Å². The molecule has 0 atom stereocenters. The first kappa shape index (κ1) is 32.4. The zero-order chi connectivity index (χ0) is 38.2. The van der Waals surface area contributed by atoms with Gasteiger partial charge in [-0.2, -0.15) is 0 Å². The Balaban J connectivity index is 0.995. The maximum atomic E-state index is 6.62. The Morgan fingerprint density at radius 2 is 0.931 bits per heavy atom. The van der Waals surface area contributed by atoms with Gasteiger partial charge >= 0.3 is 0 Å². The Morgan fingerprint density at radius 3 is 1.78 bits per heavy atom. The highest BCUT2D eigenvalue weighted by molar-refractivity contribution is 6.13. The lowest BCUT2D eigenvalue weighted by atomic mass is 10.0. The van der Waals surface area contributed by atoms with Crippen LogP contribution in [0.25, 0.3) is 93.6 Å². The minimum Gasteiger partial charge on any atom is -0.456 e. The van der Waals surface area contributed by atoms with Crippen molar-refractivity contribution in [1.29, 1.82) is 0 Å². The molecule has 0 aliphatic heterocycles. The summed E-state index contributed by atoms with van der Waals surface area (Å²) in [5.41, 5.74) is 14.5. The molecule has 0 amide bonds. The van der Waals surface area contributed by atoms with E-state index >= 15 is 0 Å². The second kappa shape index (κ2) is 12.9. The van der Waals surface area contributed by atoms with Crippen molar-refractivity contribution in [3.05, 3.63) is 206 Å². The molecule has 12 rings (SSSR count). The van der Waals surface area contributed by atoms with Crippen LogP contribution in [0, 0.1) is 0 Å². The number of para-hydroxylation sites is 4. The molecule has 0 saturated carbocycles. The SMILES string of the molecule is c1ccc(-c2ccc(N(c3ccc4oc5cc(-c6ccc7c8ccccc8n(-c8ccccc8)c7c6)ccc5c4c3)c3cccc4c3oc3ccccc34)cc2)cc1. The summed E-state index contributed by atoms with van der Waals surface area (Å²) < 4.78 is 15.6. The van der Waals surface area contributed by atoms with E-state index in [-0.39, 0.29) is 0 Å². The van der Waals surface area contributed by atoms with Crippen LogP contribution in [0.1, 0.15) is 0 Å². The zero-order valence-corrected chi connectivity index (χ0v) is 31.3. The largest absolute Gasteiger partial charge is 0.456 e. The van der Waals surface area contributed by atoms with Crippen molar-refractivity contribution < 1.29 is 8.83 Å². The minimum absolute atomic E-state index is 0.844. The number of anilines is 3. The van der Waals surface area contributed by atoms with Gasteiger partial charge in [0.05, 0.1) is 16.7 Å². The average Bonchev–Trinajstić information content (AvgIpc) is 3.96. The van der Waals surface area contributed by atoms with Crippen LogP contribution < -0.4 is 4.90 Å². The molecule has 272 valence electrons. The van der Waals surface area contributed by atoms with Gasteiger partial charge in [-0.1, -0.05) is 127 Å². The monoisotopic (exact) mass is 742 g/mol. The summed E-state index contributed by atoms with van der Waals surface area (Å²) in [5.74, 6) is 0. The summed E-state index contributed by atoms with van der Waals surface area (Å²) in [6.45, 7) is 0. The summed E-state index contributed by atoms with van der Waals surface area (Å²) >= 11 is 0. The molecule has 3 heterocycles. The molecule has 12 aromatic rings. The number of hydrogen-bond acceptors (Lipinski definition) is 3. The van der Waals surface area contributed by atoms with Crippen molar-refractivity contribution in [2.75, 3.05) is 4.90 Å². The van der Waals surface area contributed by atoms with E-state index in [4.69, 9.17) is 8.83 Å². The minimum atomic E-state index is 0.844. The van der Waals surface area contributed by atoms with Crippen LogP contribution >= 0.6 is 0 Å². The molecule has 0 saturated heterocycles. The molecule has 4 nitrogen and oxygen atoms in total. The molecule has 0 aliphatic rings. The van der Waals surface area contributed by atoms with Gasteiger partial charge in [-0.3, -0.25) is 0 Å². The second-order valence-corrected chi connectivity index (χ2v) is 14.9. The van der Waals surface area contributed by atoms with E-state index in [1.165, 1.54) is 32.9 Å². The fourth-order valence-electron chi connectivity index (χ4n) is 8.86. The van der Waals surface area contributed by atoms with Crippen molar-refractivity contribution in [2.45, 2.75) is 0 Å². The summed E-state index contributed by atoms with van der Waals surface area (Å²) in [4.78, 5) is 2.30. The molecule has 0 bridgehead atoms. The normalized spacial score (nSPS) is 11.8. The van der Waals surface area contributed by atoms with Crippen LogP contribution in [0.5, 0.6) is 0 Å². The van der Waals surface area contributed by atoms with Gasteiger partial charge in [0.2, 0.25) is 0 Å². The van der Waals surface area contributed by atoms with Crippen LogP contribution in [0.4, 0.5) is 17.1 Å². The van der Waals surface area contributed by atoms with Crippen molar-refractivity contribution >= 4 is 82.7 Å². The van der Waals surface area contributed by atoms with Crippen molar-refractivity contribution in [1.82, 2.24) is 4.57 Å². The van der Waals surface area contributed by atoms with E-state index in [2.05, 4.69) is 204 Å². The first-order valence-electron chi connectivity index (χ1n) is 19.7. The molecule has 0 fully saturated rings. The van der Waals surface area contributed by atoms with Crippen molar-refractivity contribution in [2.24, 2.45) is 0 Å². The van der Waals surface area contributed by atoms with Crippen LogP contribution in [0.15, 0.2) is 215 Å². The fraction of sp³-hybridized carbons (Fsp3) is 0. The maximum absolute atomic E-state index is 6.62. The third-order valence-corrected chi connectivity index (χ3v) is 11.6. The van der Waals surface area contributed by atoms with E-state index in [0.717, 1.165) is 77.8 Å². The predicted octanol–water partition coefficient (Wildman–Crippen LogP) is 15.4. The average molecular weight is 743 g/mol. The van der Waals surface area contributed by atoms with Crippen molar-refractivity contribution in [3.63, 3.8) is 0 Å². The highest BCUT2D eigenvalue weighted by Crippen LogP contribution is 2.44. The summed E-state index contributed by atoms with van der Waals surface area (Å²) in [7, 11) is 0. The van der Waals surface area contributed by atoms with Gasteiger partial charge < -0.3 is 18.3 Å². The van der Waals surface area contributed by atoms with E-state index in [9.17, 15) is 0 Å². The second-order valence-electron chi connectivity index (χ2n) is 14.9. The highest BCUT2D eigenvalue weighted by atomic mass is 16.3. The lowest BCUT2D eigenvalue weighted by Crippen LogP contribution is -2.10. The molecule has 0 radical (unpaired) electrons. The number of rotatable bonds is 6. The molecule has 3 aromatic heterocycles. The standard InChI is InChI=1S/C54H34N2O2/c1-3-12-35(13-4-1)36-22-26-40(27-23-36)55(49-20-11-18-46-44-17-8-10-21-51(44)58-54(46)49)41-28-31-52-47(34-41)45-30-25-38(33-53(45)57-52)37-24-29-43-42-16-7-9-19-48(42)56(50(43)32-37)39-14-5-2-6-15-39/h1-34H. The number of hydrogen-bond donors (Lipinski definition) is 0. The smallest absolute Gasteiger partial charge is 0.159 e. The number of furan rings is 2. The van der Waals surface area contributed by atoms with Gasteiger partial charge in [-0.15, -0.1) is 0 Å². The molecule has 0 spiro atoms. The summed E-state index contributed by atoms with van der Waals surface area (Å²) in [5, 5.41) is 6.80. The number of aromatic nitrogens is 1. The number of benzene rings is 9. The lowest BCUT2D eigenvalue weighted by Gasteiger charge is -2.26. The van der Waals surface area contributed by atoms with Gasteiger partial charge in [0.15, 0.2) is 5.58 Å². The molecular weight excluding hydrogens is 709 g/mol. The van der Waals surface area contributed by atoms with E-state index in [1.807, 2.05) is 12.1 Å². The first-order valence-corrected chi connectivity index (χ1v) is 19.7. The fourth-order valence-corrected chi connectivity index (χ4v) is 8.86. The Hall–Kier alpha value is -7.82. The molecule has 0 aliphatic carbocycles. The van der Waals surface area contributed by atoms with Crippen LogP contribution in [0.3, 0.4) is 0 Å². The van der Waals surface area contributed by atoms with Crippen molar-refractivity contribution in [3.8, 4) is 27.9 Å². The van der Waals surface area contributed by atoms with Gasteiger partial charge in [0.25, 0.3) is 0 Å². The summed E-state index contributed by atoms with van der Waals surface area (Å²) in [6.07, 6.45) is 0. The third-order valence-electron chi connectivity index (χ3n) is 11.6. The molecular formula is C54H34N2O2. The van der Waals surface area contributed by atoms with Crippen LogP contribution in [0.2, 0.25) is 0 Å². The molecule has 0 unspecified atom stereocenters. The first-order chi connectivity index (χ1) is 28.7. The Morgan fingerprint density at radius 1 is 0.328 bits per heavy atom. The topological polar surface area (TPSA) is 34.5 Å². The Kier molecular flexibility index (Phi) is 7.20. The highest BCUT2D eigenvalue weighted by Gasteiger charge is 2.21. The molecule has 4 heteroatoms. The van der Waals surface area contributed by atoms with E-state index < -0.39 is 0 Å². The third kappa shape index (κ3) is 5.09. The van der Waals surface area contributed by atoms with Crippen LogP contribution in [-0.4, -0.2) is 4.57 Å². The Labute approximate surface area is 334 Å². The molecule has 58 heavy (non-hydrogen) atoms. The summed E-state index contributed by atoms with van der Waals surface area (Å²) in [6, 6.07) is 73.1. The number of fused-ring (bicyclic) bond motifs is 9.